The van der Waals surface area contributed by atoms with Crippen LogP contribution in [0, 0.1) is 12.8 Å². The number of para-hydroxylation sites is 1. The molecule has 0 radical (unpaired) electrons. The van der Waals surface area contributed by atoms with Crippen molar-refractivity contribution in [3.8, 4) is 5.69 Å². The Labute approximate surface area is 137 Å². The molecule has 5 heteroatoms. The van der Waals surface area contributed by atoms with Gasteiger partial charge in [-0.2, -0.15) is 5.10 Å². The molecule has 0 fully saturated rings. The van der Waals surface area contributed by atoms with Gasteiger partial charge in [0, 0.05) is 18.2 Å². The van der Waals surface area contributed by atoms with Gasteiger partial charge in [0.15, 0.2) is 0 Å². The Morgan fingerprint density at radius 1 is 1.26 bits per heavy atom. The zero-order valence-electron chi connectivity index (χ0n) is 14.3. The highest BCUT2D eigenvalue weighted by Gasteiger charge is 2.20. The van der Waals surface area contributed by atoms with Crippen molar-refractivity contribution in [2.75, 3.05) is 0 Å². The van der Waals surface area contributed by atoms with Crippen LogP contribution in [-0.4, -0.2) is 27.8 Å². The van der Waals surface area contributed by atoms with Crippen molar-refractivity contribution in [1.29, 1.82) is 0 Å². The third kappa shape index (κ3) is 4.42. The van der Waals surface area contributed by atoms with Crippen molar-refractivity contribution in [1.82, 2.24) is 15.1 Å². The van der Waals surface area contributed by atoms with Gasteiger partial charge in [0.1, 0.15) is 0 Å². The van der Waals surface area contributed by atoms with Crippen molar-refractivity contribution in [2.45, 2.75) is 46.2 Å². The molecule has 2 atom stereocenters. The van der Waals surface area contributed by atoms with Gasteiger partial charge >= 0.3 is 0 Å². The summed E-state index contributed by atoms with van der Waals surface area (Å²) in [5, 5.41) is 7.55. The molecule has 1 amide bonds. The van der Waals surface area contributed by atoms with E-state index in [2.05, 4.69) is 16.5 Å². The van der Waals surface area contributed by atoms with E-state index in [0.29, 0.717) is 6.42 Å². The highest BCUT2D eigenvalue weighted by atomic mass is 16.2. The van der Waals surface area contributed by atoms with E-state index in [9.17, 15) is 4.79 Å². The number of hydrogen-bond acceptors (Lipinski definition) is 3. The lowest BCUT2D eigenvalue weighted by atomic mass is 10.0. The normalized spacial score (nSPS) is 13.8. The highest BCUT2D eigenvalue weighted by Crippen LogP contribution is 2.14. The van der Waals surface area contributed by atoms with Gasteiger partial charge in [-0.3, -0.25) is 4.79 Å². The van der Waals surface area contributed by atoms with Crippen LogP contribution < -0.4 is 11.1 Å². The summed E-state index contributed by atoms with van der Waals surface area (Å²) in [7, 11) is 0. The molecule has 2 rings (SSSR count). The number of nitrogens with two attached hydrogens (primary N) is 1. The summed E-state index contributed by atoms with van der Waals surface area (Å²) in [6.07, 6.45) is 0.701. The van der Waals surface area contributed by atoms with Crippen LogP contribution in [0.15, 0.2) is 36.4 Å². The van der Waals surface area contributed by atoms with E-state index in [1.54, 1.807) is 0 Å². The Bertz CT molecular complexity index is 648. The SMILES string of the molecule is Cc1cc(CC(C)NC(=O)[C@@H](N)C(C)C)n(-c2ccccc2)n1. The van der Waals surface area contributed by atoms with E-state index in [1.807, 2.05) is 62.7 Å². The Kier molecular flexibility index (Phi) is 5.55. The van der Waals surface area contributed by atoms with Crippen LogP contribution in [0.4, 0.5) is 0 Å². The van der Waals surface area contributed by atoms with Gasteiger partial charge < -0.3 is 11.1 Å². The fraction of sp³-hybridized carbons (Fsp3) is 0.444. The van der Waals surface area contributed by atoms with Gasteiger partial charge in [-0.1, -0.05) is 32.0 Å². The molecule has 1 unspecified atom stereocenters. The van der Waals surface area contributed by atoms with Crippen molar-refractivity contribution < 1.29 is 4.79 Å². The molecule has 0 spiro atoms. The van der Waals surface area contributed by atoms with Crippen molar-refractivity contribution >= 4 is 5.91 Å². The van der Waals surface area contributed by atoms with E-state index in [0.717, 1.165) is 17.1 Å². The summed E-state index contributed by atoms with van der Waals surface area (Å²) in [6.45, 7) is 7.86. The maximum absolute atomic E-state index is 12.1. The third-order valence-electron chi connectivity index (χ3n) is 3.83. The molecule has 124 valence electrons. The van der Waals surface area contributed by atoms with E-state index >= 15 is 0 Å². The molecule has 0 saturated carbocycles. The number of aromatic nitrogens is 2. The Morgan fingerprint density at radius 3 is 2.52 bits per heavy atom. The van der Waals surface area contributed by atoms with Crippen LogP contribution in [0.2, 0.25) is 0 Å². The number of benzene rings is 1. The number of nitrogens with one attached hydrogen (secondary N) is 1. The summed E-state index contributed by atoms with van der Waals surface area (Å²) >= 11 is 0. The molecule has 2 aromatic rings. The predicted molar refractivity (Wildman–Crippen MR) is 92.4 cm³/mol. The first-order chi connectivity index (χ1) is 10.9. The summed E-state index contributed by atoms with van der Waals surface area (Å²) in [6, 6.07) is 11.6. The molecule has 0 bridgehead atoms. The van der Waals surface area contributed by atoms with Gasteiger partial charge in [-0.05, 0) is 38.0 Å². The quantitative estimate of drug-likeness (QED) is 0.858. The zero-order chi connectivity index (χ0) is 17.0. The maximum Gasteiger partial charge on any atom is 0.237 e. The van der Waals surface area contributed by atoms with Crippen LogP contribution in [0.5, 0.6) is 0 Å². The summed E-state index contributed by atoms with van der Waals surface area (Å²) in [4.78, 5) is 12.1. The molecular weight excluding hydrogens is 288 g/mol. The number of rotatable bonds is 6. The number of amides is 1. The van der Waals surface area contributed by atoms with Gasteiger partial charge in [0.2, 0.25) is 5.91 Å². The van der Waals surface area contributed by atoms with Crippen LogP contribution >= 0.6 is 0 Å². The lowest BCUT2D eigenvalue weighted by molar-refractivity contribution is -0.123. The fourth-order valence-electron chi connectivity index (χ4n) is 2.50. The van der Waals surface area contributed by atoms with E-state index in [-0.39, 0.29) is 17.9 Å². The Hall–Kier alpha value is -2.14. The van der Waals surface area contributed by atoms with Crippen LogP contribution in [0.1, 0.15) is 32.2 Å². The highest BCUT2D eigenvalue weighted by molar-refractivity contribution is 5.82. The van der Waals surface area contributed by atoms with Gasteiger partial charge in [0.05, 0.1) is 17.4 Å². The standard InChI is InChI=1S/C18H26N4O/c1-12(2)17(19)18(23)20-13(3)10-16-11-14(4)21-22(16)15-8-6-5-7-9-15/h5-9,11-13,17H,10,19H2,1-4H3,(H,20,23)/t13?,17-/m0/s1. The monoisotopic (exact) mass is 314 g/mol. The molecule has 0 aliphatic carbocycles. The molecular formula is C18H26N4O. The van der Waals surface area contributed by atoms with E-state index < -0.39 is 6.04 Å². The predicted octanol–water partition coefficient (Wildman–Crippen LogP) is 2.21. The first kappa shape index (κ1) is 17.2. The largest absolute Gasteiger partial charge is 0.352 e. The fourth-order valence-corrected chi connectivity index (χ4v) is 2.50. The smallest absolute Gasteiger partial charge is 0.237 e. The maximum atomic E-state index is 12.1. The minimum absolute atomic E-state index is 0.00846. The molecule has 5 nitrogen and oxygen atoms in total. The third-order valence-corrected chi connectivity index (χ3v) is 3.83. The number of aryl methyl sites for hydroxylation is 1. The number of nitrogens with zero attached hydrogens (tertiary/aromatic N) is 2. The first-order valence-electron chi connectivity index (χ1n) is 8.05. The minimum atomic E-state index is -0.474. The summed E-state index contributed by atoms with van der Waals surface area (Å²) < 4.78 is 1.93. The second kappa shape index (κ2) is 7.42. The van der Waals surface area contributed by atoms with Crippen molar-refractivity contribution in [2.24, 2.45) is 11.7 Å². The molecule has 3 N–H and O–H groups in total. The molecule has 1 aromatic carbocycles. The van der Waals surface area contributed by atoms with Gasteiger partial charge in [-0.25, -0.2) is 4.68 Å². The topological polar surface area (TPSA) is 72.9 Å². The van der Waals surface area contributed by atoms with Crippen LogP contribution in [0.25, 0.3) is 5.69 Å². The average Bonchev–Trinajstić information content (AvgIpc) is 2.87. The van der Waals surface area contributed by atoms with Crippen molar-refractivity contribution in [3.05, 3.63) is 47.8 Å². The lowest BCUT2D eigenvalue weighted by Gasteiger charge is -2.20. The lowest BCUT2D eigenvalue weighted by Crippen LogP contribution is -2.47. The Balaban J connectivity index is 2.10. The molecule has 0 saturated heterocycles. The van der Waals surface area contributed by atoms with E-state index in [4.69, 9.17) is 5.73 Å². The Morgan fingerprint density at radius 2 is 1.91 bits per heavy atom. The van der Waals surface area contributed by atoms with E-state index in [1.165, 1.54) is 0 Å². The first-order valence-corrected chi connectivity index (χ1v) is 8.05. The molecule has 1 aromatic heterocycles. The molecule has 0 aliphatic heterocycles. The van der Waals surface area contributed by atoms with Gasteiger partial charge in [0.25, 0.3) is 0 Å². The minimum Gasteiger partial charge on any atom is -0.352 e. The average molecular weight is 314 g/mol. The number of carbonyl (C=O) groups is 1. The van der Waals surface area contributed by atoms with Gasteiger partial charge in [-0.15, -0.1) is 0 Å². The zero-order valence-corrected chi connectivity index (χ0v) is 14.3. The molecule has 0 aliphatic rings. The second-order valence-corrected chi connectivity index (χ2v) is 6.41. The second-order valence-electron chi connectivity index (χ2n) is 6.41. The molecule has 1 heterocycles. The van der Waals surface area contributed by atoms with Crippen LogP contribution in [0.3, 0.4) is 0 Å². The summed E-state index contributed by atoms with van der Waals surface area (Å²) in [5.74, 6) is 0.0225. The molecule has 23 heavy (non-hydrogen) atoms. The van der Waals surface area contributed by atoms with Crippen LogP contribution in [-0.2, 0) is 11.2 Å². The number of hydrogen-bond donors (Lipinski definition) is 2. The number of carbonyl (C=O) groups excluding carboxylic acids is 1. The van der Waals surface area contributed by atoms with Crippen molar-refractivity contribution in [3.63, 3.8) is 0 Å². The summed E-state index contributed by atoms with van der Waals surface area (Å²) in [5.41, 5.74) is 8.95.